The molecule has 0 unspecified atom stereocenters. The monoisotopic (exact) mass is 427 g/mol. The summed E-state index contributed by atoms with van der Waals surface area (Å²) in [4.78, 5) is 39.1. The van der Waals surface area contributed by atoms with E-state index >= 15 is 0 Å². The first-order chi connectivity index (χ1) is 14.5. The van der Waals surface area contributed by atoms with Gasteiger partial charge in [0.1, 0.15) is 12.3 Å². The molecule has 2 heterocycles. The number of ether oxygens (including phenoxy) is 1. The van der Waals surface area contributed by atoms with Crippen molar-refractivity contribution in [1.82, 2.24) is 5.01 Å². The molecule has 10 heteroatoms. The maximum atomic E-state index is 12.9. The lowest BCUT2D eigenvalue weighted by Crippen LogP contribution is -2.43. The second-order valence-electron chi connectivity index (χ2n) is 6.69. The van der Waals surface area contributed by atoms with Crippen LogP contribution in [0, 0.1) is 0 Å². The van der Waals surface area contributed by atoms with Crippen LogP contribution < -0.4 is 15.0 Å². The van der Waals surface area contributed by atoms with Crippen molar-refractivity contribution in [2.45, 2.75) is 19.0 Å². The van der Waals surface area contributed by atoms with Gasteiger partial charge in [0.05, 0.1) is 12.3 Å². The fraction of sp³-hybridized carbons (Fsp3) is 0.250. The third-order valence-corrected chi connectivity index (χ3v) is 4.95. The molecule has 9 nitrogen and oxygen atoms in total. The molecule has 1 saturated heterocycles. The van der Waals surface area contributed by atoms with Gasteiger partial charge >= 0.3 is 0 Å². The van der Waals surface area contributed by atoms with E-state index in [1.165, 1.54) is 5.01 Å². The van der Waals surface area contributed by atoms with Crippen LogP contribution in [0.2, 0.25) is 5.02 Å². The Morgan fingerprint density at radius 1 is 1.10 bits per heavy atom. The second-order valence-corrected chi connectivity index (χ2v) is 7.12. The minimum atomic E-state index is -0.966. The highest BCUT2D eigenvalue weighted by atomic mass is 35.5. The third-order valence-electron chi connectivity index (χ3n) is 4.70. The van der Waals surface area contributed by atoms with Gasteiger partial charge in [-0.05, 0) is 55.5 Å². The quantitative estimate of drug-likeness (QED) is 0.714. The summed E-state index contributed by atoms with van der Waals surface area (Å²) >= 11 is 5.88. The van der Waals surface area contributed by atoms with Crippen molar-refractivity contribution >= 4 is 40.7 Å². The summed E-state index contributed by atoms with van der Waals surface area (Å²) < 4.78 is 5.37. The molecule has 0 bridgehead atoms. The topological polar surface area (TPSA) is 104 Å². The fourth-order valence-electron chi connectivity index (χ4n) is 3.35. The standard InChI is InChI=1S/C20H18ClN5O4/c1-2-30-15-9-5-13(6-10-15)22-16(27)11-25-18-17(23-24-25)19(28)26(20(18)29)14-7-3-12(21)4-8-14/h3-10,17-18H,2,11H2,1H3,(H,22,27)/t17-,18+/m1/s1. The van der Waals surface area contributed by atoms with Crippen molar-refractivity contribution in [3.8, 4) is 5.75 Å². The Labute approximate surface area is 177 Å². The van der Waals surface area contributed by atoms with Crippen molar-refractivity contribution in [1.29, 1.82) is 0 Å². The lowest BCUT2D eigenvalue weighted by molar-refractivity contribution is -0.123. The van der Waals surface area contributed by atoms with E-state index in [1.807, 2.05) is 6.92 Å². The molecule has 2 aliphatic rings. The van der Waals surface area contributed by atoms with Crippen molar-refractivity contribution in [3.05, 3.63) is 53.6 Å². The van der Waals surface area contributed by atoms with Gasteiger partial charge in [0.2, 0.25) is 5.91 Å². The third kappa shape index (κ3) is 3.71. The van der Waals surface area contributed by atoms with Crippen LogP contribution in [-0.2, 0) is 14.4 Å². The zero-order valence-corrected chi connectivity index (χ0v) is 16.7. The van der Waals surface area contributed by atoms with E-state index < -0.39 is 23.9 Å². The lowest BCUT2D eigenvalue weighted by Gasteiger charge is -2.20. The summed E-state index contributed by atoms with van der Waals surface area (Å²) in [5.74, 6) is -0.648. The number of anilines is 2. The first-order valence-corrected chi connectivity index (χ1v) is 9.69. The van der Waals surface area contributed by atoms with Gasteiger partial charge in [-0.3, -0.25) is 19.4 Å². The molecule has 30 heavy (non-hydrogen) atoms. The Morgan fingerprint density at radius 2 is 1.80 bits per heavy atom. The first kappa shape index (κ1) is 19.8. The highest BCUT2D eigenvalue weighted by molar-refractivity contribution is 6.31. The SMILES string of the molecule is CCOc1ccc(NC(=O)CN2N=N[C@H]3C(=O)N(c4ccc(Cl)cc4)C(=O)[C@H]32)cc1. The molecule has 0 aromatic heterocycles. The van der Waals surface area contributed by atoms with Crippen LogP contribution in [0.1, 0.15) is 6.92 Å². The summed E-state index contributed by atoms with van der Waals surface area (Å²) in [6.45, 7) is 2.22. The van der Waals surface area contributed by atoms with Crippen LogP contribution in [0.5, 0.6) is 5.75 Å². The Hall–Kier alpha value is -3.46. The molecule has 2 aromatic rings. The zero-order valence-electron chi connectivity index (χ0n) is 16.0. The first-order valence-electron chi connectivity index (χ1n) is 9.31. The van der Waals surface area contributed by atoms with E-state index in [-0.39, 0.29) is 12.5 Å². The lowest BCUT2D eigenvalue weighted by atomic mass is 10.1. The number of carbonyl (C=O) groups is 3. The summed E-state index contributed by atoms with van der Waals surface area (Å²) in [7, 11) is 0. The molecular weight excluding hydrogens is 410 g/mol. The molecule has 0 aliphatic carbocycles. The minimum Gasteiger partial charge on any atom is -0.494 e. The largest absolute Gasteiger partial charge is 0.494 e. The van der Waals surface area contributed by atoms with Gasteiger partial charge in [-0.1, -0.05) is 16.8 Å². The molecule has 0 saturated carbocycles. The summed E-state index contributed by atoms with van der Waals surface area (Å²) in [6.07, 6.45) is 0. The zero-order chi connectivity index (χ0) is 21.3. The molecule has 0 spiro atoms. The highest BCUT2D eigenvalue weighted by Gasteiger charge is 2.55. The normalized spacial score (nSPS) is 19.9. The number of halogens is 1. The van der Waals surface area contributed by atoms with E-state index in [2.05, 4.69) is 15.7 Å². The number of amides is 3. The Balaban J connectivity index is 1.43. The fourth-order valence-corrected chi connectivity index (χ4v) is 3.47. The van der Waals surface area contributed by atoms with Crippen molar-refractivity contribution < 1.29 is 19.1 Å². The van der Waals surface area contributed by atoms with Gasteiger partial charge in [0.15, 0.2) is 12.1 Å². The van der Waals surface area contributed by atoms with Crippen LogP contribution in [-0.4, -0.2) is 48.0 Å². The van der Waals surface area contributed by atoms with Crippen LogP contribution in [0.15, 0.2) is 58.9 Å². The summed E-state index contributed by atoms with van der Waals surface area (Å²) in [6, 6.07) is 11.4. The molecule has 1 fully saturated rings. The molecule has 3 amide bonds. The number of carbonyl (C=O) groups excluding carboxylic acids is 3. The molecule has 154 valence electrons. The molecule has 2 atom stereocenters. The predicted molar refractivity (Wildman–Crippen MR) is 109 cm³/mol. The van der Waals surface area contributed by atoms with Gasteiger partial charge in [0.25, 0.3) is 11.8 Å². The predicted octanol–water partition coefficient (Wildman–Crippen LogP) is 2.67. The number of nitrogens with one attached hydrogen (secondary N) is 1. The molecule has 0 radical (unpaired) electrons. The van der Waals surface area contributed by atoms with Gasteiger partial charge < -0.3 is 10.1 Å². The van der Waals surface area contributed by atoms with Gasteiger partial charge in [-0.2, -0.15) is 5.11 Å². The number of fused-ring (bicyclic) bond motifs is 1. The van der Waals surface area contributed by atoms with E-state index in [0.717, 1.165) is 4.90 Å². The minimum absolute atomic E-state index is 0.217. The Kier molecular flexibility index (Phi) is 5.37. The number of hydrogen-bond donors (Lipinski definition) is 1. The van der Waals surface area contributed by atoms with Crippen LogP contribution in [0.3, 0.4) is 0 Å². The van der Waals surface area contributed by atoms with Gasteiger partial charge in [0, 0.05) is 10.7 Å². The number of imide groups is 1. The van der Waals surface area contributed by atoms with Crippen molar-refractivity contribution in [2.24, 2.45) is 10.3 Å². The average Bonchev–Trinajstić information content (AvgIpc) is 3.24. The number of rotatable bonds is 6. The molecule has 1 N–H and O–H groups in total. The Bertz CT molecular complexity index is 1010. The maximum Gasteiger partial charge on any atom is 0.263 e. The van der Waals surface area contributed by atoms with Crippen molar-refractivity contribution in [2.75, 3.05) is 23.4 Å². The van der Waals surface area contributed by atoms with Gasteiger partial charge in [-0.15, -0.1) is 0 Å². The smallest absolute Gasteiger partial charge is 0.263 e. The van der Waals surface area contributed by atoms with Crippen LogP contribution >= 0.6 is 11.6 Å². The van der Waals surface area contributed by atoms with E-state index in [1.54, 1.807) is 48.5 Å². The van der Waals surface area contributed by atoms with Crippen molar-refractivity contribution in [3.63, 3.8) is 0 Å². The van der Waals surface area contributed by atoms with E-state index in [0.29, 0.717) is 28.8 Å². The number of nitrogens with zero attached hydrogens (tertiary/aromatic N) is 4. The maximum absolute atomic E-state index is 12.9. The molecular formula is C20H18ClN5O4. The number of hydrogen-bond acceptors (Lipinski definition) is 7. The number of benzene rings is 2. The Morgan fingerprint density at radius 3 is 2.47 bits per heavy atom. The highest BCUT2D eigenvalue weighted by Crippen LogP contribution is 2.32. The molecule has 2 aromatic carbocycles. The van der Waals surface area contributed by atoms with E-state index in [9.17, 15) is 14.4 Å². The van der Waals surface area contributed by atoms with Crippen LogP contribution in [0.25, 0.3) is 0 Å². The summed E-state index contributed by atoms with van der Waals surface area (Å²) in [5, 5.41) is 12.2. The molecule has 4 rings (SSSR count). The van der Waals surface area contributed by atoms with Crippen LogP contribution in [0.4, 0.5) is 11.4 Å². The molecule has 2 aliphatic heterocycles. The second kappa shape index (κ2) is 8.11. The van der Waals surface area contributed by atoms with Gasteiger partial charge in [-0.25, -0.2) is 4.90 Å². The summed E-state index contributed by atoms with van der Waals surface area (Å²) in [5.41, 5.74) is 0.977. The van der Waals surface area contributed by atoms with E-state index in [4.69, 9.17) is 16.3 Å². The average molecular weight is 428 g/mol.